The lowest BCUT2D eigenvalue weighted by atomic mass is 9.97. The van der Waals surface area contributed by atoms with Gasteiger partial charge in [-0.15, -0.1) is 0 Å². The number of H-pyrrole nitrogens is 1. The number of carbonyl (C=O) groups excluding carboxylic acids is 1. The molecule has 0 saturated heterocycles. The molecule has 0 fully saturated rings. The van der Waals surface area contributed by atoms with E-state index < -0.39 is 10.0 Å². The summed E-state index contributed by atoms with van der Waals surface area (Å²) in [6.07, 6.45) is 6.96. The maximum Gasteiger partial charge on any atom is 0.270 e. The van der Waals surface area contributed by atoms with Crippen LogP contribution in [0.5, 0.6) is 0 Å². The van der Waals surface area contributed by atoms with Gasteiger partial charge >= 0.3 is 0 Å². The molecule has 23 heavy (non-hydrogen) atoms. The van der Waals surface area contributed by atoms with Crippen molar-refractivity contribution in [2.24, 2.45) is 0 Å². The van der Waals surface area contributed by atoms with E-state index in [1.807, 2.05) is 0 Å². The van der Waals surface area contributed by atoms with Gasteiger partial charge in [0, 0.05) is 38.2 Å². The second-order valence-electron chi connectivity index (χ2n) is 5.59. The third-order valence-corrected chi connectivity index (χ3v) is 4.54. The van der Waals surface area contributed by atoms with Crippen molar-refractivity contribution in [3.8, 4) is 0 Å². The van der Waals surface area contributed by atoms with E-state index in [2.05, 4.69) is 14.7 Å². The Bertz CT molecular complexity index is 815. The maximum atomic E-state index is 12.4. The highest BCUT2D eigenvalue weighted by Crippen LogP contribution is 2.22. The first-order valence-electron chi connectivity index (χ1n) is 7.26. The summed E-state index contributed by atoms with van der Waals surface area (Å²) in [4.78, 5) is 21.3. The molecule has 3 rings (SSSR count). The van der Waals surface area contributed by atoms with E-state index in [0.29, 0.717) is 25.2 Å². The van der Waals surface area contributed by atoms with Crippen molar-refractivity contribution in [2.45, 2.75) is 19.5 Å². The van der Waals surface area contributed by atoms with Crippen molar-refractivity contribution in [1.29, 1.82) is 0 Å². The zero-order chi connectivity index (χ0) is 16.4. The van der Waals surface area contributed by atoms with Crippen LogP contribution in [0.25, 0.3) is 0 Å². The molecule has 122 valence electrons. The number of hydrogen-bond donors (Lipinski definition) is 2. The normalized spacial score (nSPS) is 14.6. The van der Waals surface area contributed by atoms with Crippen LogP contribution in [0.15, 0.2) is 30.7 Å². The topological polar surface area (TPSA) is 95.2 Å². The molecule has 2 N–H and O–H groups in total. The van der Waals surface area contributed by atoms with E-state index in [1.165, 1.54) is 0 Å². The van der Waals surface area contributed by atoms with E-state index in [4.69, 9.17) is 0 Å². The molecule has 8 heteroatoms. The van der Waals surface area contributed by atoms with Crippen molar-refractivity contribution in [2.75, 3.05) is 12.8 Å². The van der Waals surface area contributed by atoms with Gasteiger partial charge in [0.25, 0.3) is 5.91 Å². The smallest absolute Gasteiger partial charge is 0.270 e. The molecule has 1 aliphatic rings. The summed E-state index contributed by atoms with van der Waals surface area (Å²) in [6.45, 7) is 1.30. The maximum absolute atomic E-state index is 12.4. The molecule has 0 unspecified atom stereocenters. The number of hydrogen-bond acceptors (Lipinski definition) is 4. The first-order valence-corrected chi connectivity index (χ1v) is 9.15. The fraction of sp³-hybridized carbons (Fsp3) is 0.333. The van der Waals surface area contributed by atoms with E-state index in [0.717, 1.165) is 22.9 Å². The number of rotatable bonds is 4. The Labute approximate surface area is 134 Å². The van der Waals surface area contributed by atoms with E-state index in [-0.39, 0.29) is 12.5 Å². The molecular formula is C15H18N4O3S. The average Bonchev–Trinajstić information content (AvgIpc) is 3.05. The van der Waals surface area contributed by atoms with Crippen LogP contribution in [0, 0.1) is 0 Å². The van der Waals surface area contributed by atoms with Gasteiger partial charge in [-0.05, 0) is 35.2 Å². The quantitative estimate of drug-likeness (QED) is 0.858. The van der Waals surface area contributed by atoms with Gasteiger partial charge < -0.3 is 9.88 Å². The monoisotopic (exact) mass is 334 g/mol. The number of aromatic nitrogens is 2. The Morgan fingerprint density at radius 2 is 2.26 bits per heavy atom. The molecule has 7 nitrogen and oxygen atoms in total. The Hall–Kier alpha value is -2.19. The predicted molar refractivity (Wildman–Crippen MR) is 85.2 cm³/mol. The first kappa shape index (κ1) is 15.7. The molecule has 0 aliphatic carbocycles. The van der Waals surface area contributed by atoms with Crippen LogP contribution < -0.4 is 4.72 Å². The third kappa shape index (κ3) is 3.59. The summed E-state index contributed by atoms with van der Waals surface area (Å²) in [6, 6.07) is 3.55. The molecule has 0 atom stereocenters. The zero-order valence-electron chi connectivity index (χ0n) is 12.7. The van der Waals surface area contributed by atoms with Crippen LogP contribution in [0.1, 0.15) is 27.2 Å². The number of carbonyl (C=O) groups is 1. The largest absolute Gasteiger partial charge is 0.357 e. The molecule has 0 radical (unpaired) electrons. The number of amides is 1. The number of aromatic amines is 1. The fourth-order valence-corrected chi connectivity index (χ4v) is 3.15. The van der Waals surface area contributed by atoms with Crippen molar-refractivity contribution in [3.63, 3.8) is 0 Å². The van der Waals surface area contributed by atoms with E-state index >= 15 is 0 Å². The summed E-state index contributed by atoms with van der Waals surface area (Å²) in [7, 11) is -3.25. The Kier molecular flexibility index (Phi) is 4.18. The van der Waals surface area contributed by atoms with Gasteiger partial charge in [-0.2, -0.15) is 0 Å². The summed E-state index contributed by atoms with van der Waals surface area (Å²) < 4.78 is 25.0. The van der Waals surface area contributed by atoms with Gasteiger partial charge in [-0.1, -0.05) is 0 Å². The van der Waals surface area contributed by atoms with Crippen molar-refractivity contribution < 1.29 is 13.2 Å². The lowest BCUT2D eigenvalue weighted by Gasteiger charge is -2.29. The fourth-order valence-electron chi connectivity index (χ4n) is 2.74. The second kappa shape index (κ2) is 6.13. The molecule has 1 aliphatic heterocycles. The van der Waals surface area contributed by atoms with E-state index in [1.54, 1.807) is 35.6 Å². The minimum Gasteiger partial charge on any atom is -0.357 e. The highest BCUT2D eigenvalue weighted by molar-refractivity contribution is 7.88. The Balaban J connectivity index is 1.78. The lowest BCUT2D eigenvalue weighted by molar-refractivity contribution is 0.0729. The number of fused-ring (bicyclic) bond motifs is 1. The van der Waals surface area contributed by atoms with Crippen LogP contribution in [0.2, 0.25) is 0 Å². The molecule has 1 amide bonds. The minimum absolute atomic E-state index is 0.0414. The molecule has 2 aromatic heterocycles. The summed E-state index contributed by atoms with van der Waals surface area (Å²) in [5.74, 6) is -0.0414. The summed E-state index contributed by atoms with van der Waals surface area (Å²) >= 11 is 0. The highest BCUT2D eigenvalue weighted by atomic mass is 32.2. The molecule has 0 spiro atoms. The molecule has 0 bridgehead atoms. The van der Waals surface area contributed by atoms with Crippen LogP contribution in [0.3, 0.4) is 0 Å². The number of sulfonamides is 1. The van der Waals surface area contributed by atoms with Gasteiger partial charge in [0.2, 0.25) is 10.0 Å². The first-order chi connectivity index (χ1) is 10.9. The lowest BCUT2D eigenvalue weighted by Crippen LogP contribution is -2.37. The Morgan fingerprint density at radius 1 is 1.43 bits per heavy atom. The van der Waals surface area contributed by atoms with Crippen molar-refractivity contribution in [3.05, 3.63) is 53.1 Å². The van der Waals surface area contributed by atoms with Crippen molar-refractivity contribution in [1.82, 2.24) is 19.6 Å². The van der Waals surface area contributed by atoms with Crippen LogP contribution in [-0.4, -0.2) is 42.0 Å². The molecule has 2 aromatic rings. The predicted octanol–water partition coefficient (Wildman–Crippen LogP) is 0.657. The van der Waals surface area contributed by atoms with Gasteiger partial charge in [0.1, 0.15) is 5.69 Å². The highest BCUT2D eigenvalue weighted by Gasteiger charge is 2.24. The van der Waals surface area contributed by atoms with Crippen molar-refractivity contribution >= 4 is 15.9 Å². The average molecular weight is 334 g/mol. The zero-order valence-corrected chi connectivity index (χ0v) is 13.6. The van der Waals surface area contributed by atoms with Gasteiger partial charge in [-0.3, -0.25) is 9.78 Å². The molecule has 3 heterocycles. The molecule has 0 aromatic carbocycles. The third-order valence-electron chi connectivity index (χ3n) is 3.87. The standard InChI is InChI=1S/C15H18N4O3S/c1-23(21,22)18-9-11-7-16-8-12-10-19(6-4-13(11)12)15(20)14-3-2-5-17-14/h2-3,5,7-8,17-18H,4,6,9-10H2,1H3. The van der Waals surface area contributed by atoms with Gasteiger partial charge in [0.05, 0.1) is 6.26 Å². The van der Waals surface area contributed by atoms with E-state index in [9.17, 15) is 13.2 Å². The molecule has 0 saturated carbocycles. The SMILES string of the molecule is CS(=O)(=O)NCc1cncc2c1CCN(C(=O)c1ccc[nH]1)C2. The Morgan fingerprint density at radius 3 is 2.96 bits per heavy atom. The summed E-state index contributed by atoms with van der Waals surface area (Å²) in [5.41, 5.74) is 3.46. The number of nitrogens with zero attached hydrogens (tertiary/aromatic N) is 2. The van der Waals surface area contributed by atoms with Crippen LogP contribution in [0.4, 0.5) is 0 Å². The number of nitrogens with one attached hydrogen (secondary N) is 2. The molecular weight excluding hydrogens is 316 g/mol. The van der Waals surface area contributed by atoms with Gasteiger partial charge in [-0.25, -0.2) is 13.1 Å². The number of pyridine rings is 1. The van der Waals surface area contributed by atoms with Gasteiger partial charge in [0.15, 0.2) is 0 Å². The van der Waals surface area contributed by atoms with Crippen LogP contribution in [-0.2, 0) is 29.5 Å². The second-order valence-corrected chi connectivity index (χ2v) is 7.42. The minimum atomic E-state index is -3.25. The van der Waals surface area contributed by atoms with Crippen LogP contribution >= 0.6 is 0 Å². The summed E-state index contributed by atoms with van der Waals surface area (Å²) in [5, 5.41) is 0.